The van der Waals surface area contributed by atoms with E-state index in [-0.39, 0.29) is 11.8 Å². The van der Waals surface area contributed by atoms with Gasteiger partial charge in [0, 0.05) is 38.4 Å². The number of benzene rings is 2. The van der Waals surface area contributed by atoms with Crippen LogP contribution < -0.4 is 4.90 Å². The van der Waals surface area contributed by atoms with Crippen molar-refractivity contribution in [1.29, 1.82) is 0 Å². The van der Waals surface area contributed by atoms with E-state index in [0.29, 0.717) is 37.6 Å². The van der Waals surface area contributed by atoms with E-state index in [1.165, 1.54) is 16.0 Å². The SMILES string of the molecule is Cc1ccc(C2=C(N3CCCc4ccccc43)C(=O)N(CCN3CCOCC3)C2=O)cc1C. The summed E-state index contributed by atoms with van der Waals surface area (Å²) in [7, 11) is 0. The van der Waals surface area contributed by atoms with Crippen LogP contribution in [0.5, 0.6) is 0 Å². The quantitative estimate of drug-likeness (QED) is 0.662. The first-order valence-electron chi connectivity index (χ1n) is 11.9. The van der Waals surface area contributed by atoms with Crippen LogP contribution in [0, 0.1) is 13.8 Å². The Morgan fingerprint density at radius 3 is 2.45 bits per heavy atom. The Labute approximate surface area is 195 Å². The zero-order chi connectivity index (χ0) is 22.9. The highest BCUT2D eigenvalue weighted by molar-refractivity contribution is 6.36. The number of para-hydroxylation sites is 1. The van der Waals surface area contributed by atoms with Crippen molar-refractivity contribution in [3.05, 3.63) is 70.4 Å². The first-order valence-corrected chi connectivity index (χ1v) is 11.9. The van der Waals surface area contributed by atoms with Gasteiger partial charge < -0.3 is 9.64 Å². The Morgan fingerprint density at radius 2 is 1.67 bits per heavy atom. The number of amides is 2. The molecule has 3 aliphatic heterocycles. The summed E-state index contributed by atoms with van der Waals surface area (Å²) in [6, 6.07) is 14.3. The Kier molecular flexibility index (Phi) is 6.04. The molecule has 6 nitrogen and oxygen atoms in total. The largest absolute Gasteiger partial charge is 0.379 e. The molecular formula is C27H31N3O3. The van der Waals surface area contributed by atoms with Crippen molar-refractivity contribution in [2.45, 2.75) is 26.7 Å². The van der Waals surface area contributed by atoms with Crippen molar-refractivity contribution in [1.82, 2.24) is 9.80 Å². The summed E-state index contributed by atoms with van der Waals surface area (Å²) in [6.07, 6.45) is 1.94. The van der Waals surface area contributed by atoms with Crippen molar-refractivity contribution in [2.24, 2.45) is 0 Å². The topological polar surface area (TPSA) is 53.1 Å². The van der Waals surface area contributed by atoms with Crippen molar-refractivity contribution >= 4 is 23.1 Å². The van der Waals surface area contributed by atoms with E-state index in [2.05, 4.69) is 28.9 Å². The molecule has 5 rings (SSSR count). The number of fused-ring (bicyclic) bond motifs is 1. The number of aryl methyl sites for hydroxylation is 3. The molecule has 1 saturated heterocycles. The number of carbonyl (C=O) groups excluding carboxylic acids is 2. The molecule has 6 heteroatoms. The lowest BCUT2D eigenvalue weighted by atomic mass is 9.97. The number of morpholine rings is 1. The molecule has 2 aromatic rings. The highest BCUT2D eigenvalue weighted by Crippen LogP contribution is 2.38. The van der Waals surface area contributed by atoms with Crippen molar-refractivity contribution in [3.63, 3.8) is 0 Å². The minimum absolute atomic E-state index is 0.182. The van der Waals surface area contributed by atoms with Crippen LogP contribution in [0.1, 0.15) is 28.7 Å². The highest BCUT2D eigenvalue weighted by atomic mass is 16.5. The Bertz CT molecular complexity index is 1120. The number of nitrogens with zero attached hydrogens (tertiary/aromatic N) is 3. The minimum Gasteiger partial charge on any atom is -0.379 e. The molecule has 0 N–H and O–H groups in total. The number of imide groups is 1. The monoisotopic (exact) mass is 445 g/mol. The second-order valence-corrected chi connectivity index (χ2v) is 9.12. The minimum atomic E-state index is -0.186. The normalized spacial score (nSPS) is 19.5. The summed E-state index contributed by atoms with van der Waals surface area (Å²) in [5, 5.41) is 0. The molecule has 2 aromatic carbocycles. The van der Waals surface area contributed by atoms with Gasteiger partial charge in [0.2, 0.25) is 0 Å². The van der Waals surface area contributed by atoms with Gasteiger partial charge in [-0.25, -0.2) is 0 Å². The maximum absolute atomic E-state index is 13.8. The van der Waals surface area contributed by atoms with E-state index in [0.717, 1.165) is 49.3 Å². The number of ether oxygens (including phenoxy) is 1. The van der Waals surface area contributed by atoms with Gasteiger partial charge >= 0.3 is 0 Å². The van der Waals surface area contributed by atoms with Crippen LogP contribution in [0.4, 0.5) is 5.69 Å². The second-order valence-electron chi connectivity index (χ2n) is 9.12. The van der Waals surface area contributed by atoms with Crippen molar-refractivity contribution in [3.8, 4) is 0 Å². The fourth-order valence-electron chi connectivity index (χ4n) is 5.01. The predicted molar refractivity (Wildman–Crippen MR) is 129 cm³/mol. The number of hydrogen-bond acceptors (Lipinski definition) is 5. The molecule has 0 bridgehead atoms. The van der Waals surface area contributed by atoms with Gasteiger partial charge in [0.15, 0.2) is 0 Å². The van der Waals surface area contributed by atoms with E-state index in [9.17, 15) is 9.59 Å². The Morgan fingerprint density at radius 1 is 0.879 bits per heavy atom. The van der Waals surface area contributed by atoms with E-state index in [1.54, 1.807) is 0 Å². The van der Waals surface area contributed by atoms with Crippen LogP contribution in [-0.4, -0.2) is 67.6 Å². The molecule has 33 heavy (non-hydrogen) atoms. The molecule has 0 radical (unpaired) electrons. The van der Waals surface area contributed by atoms with Gasteiger partial charge in [0.25, 0.3) is 11.8 Å². The Balaban J connectivity index is 1.54. The van der Waals surface area contributed by atoms with Gasteiger partial charge in [0.05, 0.1) is 18.8 Å². The summed E-state index contributed by atoms with van der Waals surface area (Å²) in [4.78, 5) is 33.3. The molecule has 0 spiro atoms. The molecule has 0 saturated carbocycles. The third kappa shape index (κ3) is 4.09. The maximum atomic E-state index is 13.8. The third-order valence-corrected chi connectivity index (χ3v) is 7.06. The lowest BCUT2D eigenvalue weighted by Gasteiger charge is -2.32. The summed E-state index contributed by atoms with van der Waals surface area (Å²) < 4.78 is 5.44. The average Bonchev–Trinajstić information content (AvgIpc) is 3.09. The number of rotatable bonds is 5. The number of anilines is 1. The first-order chi connectivity index (χ1) is 16.0. The van der Waals surface area contributed by atoms with E-state index in [4.69, 9.17) is 4.74 Å². The molecule has 0 aliphatic carbocycles. The van der Waals surface area contributed by atoms with Crippen LogP contribution in [0.25, 0.3) is 5.57 Å². The van der Waals surface area contributed by atoms with Crippen molar-refractivity contribution in [2.75, 3.05) is 50.8 Å². The predicted octanol–water partition coefficient (Wildman–Crippen LogP) is 3.17. The fourth-order valence-corrected chi connectivity index (χ4v) is 5.01. The molecule has 2 amide bonds. The lowest BCUT2D eigenvalue weighted by molar-refractivity contribution is -0.137. The standard InChI is InChI=1S/C27H31N3O3/c1-19-9-10-22(18-20(19)2)24-25(29-11-5-7-21-6-3-4-8-23(21)29)27(32)30(26(24)31)13-12-28-14-16-33-17-15-28/h3-4,6,8-10,18H,5,7,11-17H2,1-2H3. The van der Waals surface area contributed by atoms with E-state index in [1.807, 2.05) is 37.3 Å². The molecular weight excluding hydrogens is 414 g/mol. The lowest BCUT2D eigenvalue weighted by Crippen LogP contribution is -2.44. The van der Waals surface area contributed by atoms with E-state index >= 15 is 0 Å². The third-order valence-electron chi connectivity index (χ3n) is 7.06. The summed E-state index contributed by atoms with van der Waals surface area (Å²) >= 11 is 0. The van der Waals surface area contributed by atoms with Crippen molar-refractivity contribution < 1.29 is 14.3 Å². The summed E-state index contributed by atoms with van der Waals surface area (Å²) in [5.74, 6) is -0.368. The van der Waals surface area contributed by atoms with Gasteiger partial charge in [-0.15, -0.1) is 0 Å². The smallest absolute Gasteiger partial charge is 0.278 e. The Hall–Kier alpha value is -2.96. The molecule has 3 aliphatic rings. The van der Waals surface area contributed by atoms with Crippen LogP contribution >= 0.6 is 0 Å². The van der Waals surface area contributed by atoms with Gasteiger partial charge in [-0.2, -0.15) is 0 Å². The molecule has 1 fully saturated rings. The average molecular weight is 446 g/mol. The second kappa shape index (κ2) is 9.12. The van der Waals surface area contributed by atoms with Crippen LogP contribution in [0.2, 0.25) is 0 Å². The zero-order valence-corrected chi connectivity index (χ0v) is 19.5. The number of hydrogen-bond donors (Lipinski definition) is 0. The van der Waals surface area contributed by atoms with Crippen LogP contribution in [0.15, 0.2) is 48.2 Å². The van der Waals surface area contributed by atoms with Gasteiger partial charge in [-0.1, -0.05) is 36.4 Å². The van der Waals surface area contributed by atoms with Gasteiger partial charge in [-0.05, 0) is 55.0 Å². The van der Waals surface area contributed by atoms with Crippen LogP contribution in [-0.2, 0) is 20.7 Å². The summed E-state index contributed by atoms with van der Waals surface area (Å²) in [6.45, 7) is 8.97. The molecule has 0 atom stereocenters. The molecule has 3 heterocycles. The highest BCUT2D eigenvalue weighted by Gasteiger charge is 2.42. The van der Waals surface area contributed by atoms with Gasteiger partial charge in [-0.3, -0.25) is 19.4 Å². The van der Waals surface area contributed by atoms with Gasteiger partial charge in [0.1, 0.15) is 5.70 Å². The fraction of sp³-hybridized carbons (Fsp3) is 0.407. The number of carbonyl (C=O) groups is 2. The zero-order valence-electron chi connectivity index (χ0n) is 19.5. The van der Waals surface area contributed by atoms with Crippen LogP contribution in [0.3, 0.4) is 0 Å². The molecule has 172 valence electrons. The van der Waals surface area contributed by atoms with E-state index < -0.39 is 0 Å². The molecule has 0 aromatic heterocycles. The molecule has 0 unspecified atom stereocenters. The summed E-state index contributed by atoms with van der Waals surface area (Å²) in [5.41, 5.74) is 6.43. The first kappa shape index (κ1) is 21.9. The maximum Gasteiger partial charge on any atom is 0.278 e.